The van der Waals surface area contributed by atoms with Gasteiger partial charge in [0.15, 0.2) is 0 Å². The van der Waals surface area contributed by atoms with Crippen molar-refractivity contribution in [2.75, 3.05) is 43.1 Å². The molecule has 3 saturated heterocycles. The first-order valence-corrected chi connectivity index (χ1v) is 15.1. The van der Waals surface area contributed by atoms with E-state index in [0.29, 0.717) is 61.3 Å². The number of nitrogens with two attached hydrogens (primary N) is 1. The van der Waals surface area contributed by atoms with Crippen LogP contribution < -0.4 is 20.7 Å². The molecule has 6 rings (SSSR count). The zero-order chi connectivity index (χ0) is 31.0. The standard InChI is InChI=1S/C31H39N7O6/c1-18(39)14-24(32)34-30(41)33-20-6-4-19(5-7-20)26-25-27(36-29(35-26)37-15-22-8-9-23(16-37)43-22)44-31(2,3)17-38(28(25)40)21-10-12-42-13-11-21/h4-7,14,21-23,39H,8-13,15-17H2,1-3H3,(H3,32,33,34,41)/b18-14-. The second kappa shape index (κ2) is 12.0. The van der Waals surface area contributed by atoms with E-state index in [2.05, 4.69) is 15.2 Å². The first-order chi connectivity index (χ1) is 21.0. The molecule has 5 heterocycles. The Balaban J connectivity index is 1.38. The minimum Gasteiger partial charge on any atom is -0.512 e. The smallest absolute Gasteiger partial charge is 0.347 e. The van der Waals surface area contributed by atoms with E-state index in [-0.39, 0.29) is 41.6 Å². The molecule has 1 aromatic heterocycles. The minimum absolute atomic E-state index is 0.0162. The van der Waals surface area contributed by atoms with Crippen LogP contribution in [0, 0.1) is 0 Å². The predicted molar refractivity (Wildman–Crippen MR) is 164 cm³/mol. The number of amidine groups is 1. The third-order valence-corrected chi connectivity index (χ3v) is 8.22. The third kappa shape index (κ3) is 6.48. The van der Waals surface area contributed by atoms with Gasteiger partial charge in [0.2, 0.25) is 11.8 Å². The van der Waals surface area contributed by atoms with Crippen LogP contribution in [0.2, 0.25) is 0 Å². The summed E-state index contributed by atoms with van der Waals surface area (Å²) in [6.45, 7) is 8.32. The number of nitrogens with zero attached hydrogens (tertiary/aromatic N) is 5. The molecule has 4 aliphatic rings. The Morgan fingerprint density at radius 1 is 1.11 bits per heavy atom. The van der Waals surface area contributed by atoms with Crippen LogP contribution in [-0.4, -0.2) is 94.4 Å². The van der Waals surface area contributed by atoms with E-state index < -0.39 is 11.6 Å². The molecular weight excluding hydrogens is 566 g/mol. The van der Waals surface area contributed by atoms with Gasteiger partial charge >= 0.3 is 6.03 Å². The molecule has 3 fully saturated rings. The fraction of sp³-hybridized carbons (Fsp3) is 0.516. The number of carbonyl (C=O) groups is 2. The highest BCUT2D eigenvalue weighted by molar-refractivity contribution is 6.04. The van der Waals surface area contributed by atoms with Crippen LogP contribution in [0.15, 0.2) is 41.1 Å². The lowest BCUT2D eigenvalue weighted by Gasteiger charge is -2.36. The van der Waals surface area contributed by atoms with E-state index in [9.17, 15) is 14.7 Å². The van der Waals surface area contributed by atoms with Crippen LogP contribution in [0.5, 0.6) is 5.88 Å². The number of rotatable bonds is 5. The summed E-state index contributed by atoms with van der Waals surface area (Å²) in [5, 5.41) is 12.0. The molecule has 2 aromatic rings. The number of aliphatic hydroxyl groups is 1. The molecule has 234 valence electrons. The lowest BCUT2D eigenvalue weighted by Crippen LogP contribution is -2.49. The fourth-order valence-corrected chi connectivity index (χ4v) is 6.26. The number of anilines is 2. The highest BCUT2D eigenvalue weighted by Gasteiger charge is 2.42. The molecular formula is C31H39N7O6. The number of benzene rings is 1. The maximum Gasteiger partial charge on any atom is 0.347 e. The highest BCUT2D eigenvalue weighted by Crippen LogP contribution is 2.39. The van der Waals surface area contributed by atoms with Crippen molar-refractivity contribution in [2.45, 2.75) is 70.3 Å². The molecule has 2 bridgehead atoms. The summed E-state index contributed by atoms with van der Waals surface area (Å²) < 4.78 is 18.2. The summed E-state index contributed by atoms with van der Waals surface area (Å²) in [5.41, 5.74) is 6.91. The summed E-state index contributed by atoms with van der Waals surface area (Å²) in [7, 11) is 0. The topological polar surface area (TPSA) is 165 Å². The maximum absolute atomic E-state index is 14.4. The van der Waals surface area contributed by atoms with Crippen LogP contribution in [-0.2, 0) is 9.47 Å². The molecule has 2 atom stereocenters. The van der Waals surface area contributed by atoms with Gasteiger partial charge in [-0.05, 0) is 58.6 Å². The summed E-state index contributed by atoms with van der Waals surface area (Å²) in [4.78, 5) is 44.4. The van der Waals surface area contributed by atoms with Gasteiger partial charge in [0.25, 0.3) is 5.91 Å². The van der Waals surface area contributed by atoms with Gasteiger partial charge in [0.1, 0.15) is 17.0 Å². The third-order valence-electron chi connectivity index (χ3n) is 8.22. The number of hydrogen-bond donors (Lipinski definition) is 3. The van der Waals surface area contributed by atoms with Crippen molar-refractivity contribution < 1.29 is 28.9 Å². The van der Waals surface area contributed by atoms with Crippen molar-refractivity contribution in [1.29, 1.82) is 0 Å². The van der Waals surface area contributed by atoms with Crippen molar-refractivity contribution in [3.05, 3.63) is 41.7 Å². The fourth-order valence-electron chi connectivity index (χ4n) is 6.26. The lowest BCUT2D eigenvalue weighted by atomic mass is 10.0. The molecule has 1 aromatic carbocycles. The molecule has 4 N–H and O–H groups in total. The zero-order valence-corrected chi connectivity index (χ0v) is 25.3. The highest BCUT2D eigenvalue weighted by atomic mass is 16.5. The van der Waals surface area contributed by atoms with Gasteiger partial charge in [-0.3, -0.25) is 4.79 Å². The van der Waals surface area contributed by atoms with Crippen molar-refractivity contribution >= 4 is 29.4 Å². The predicted octanol–water partition coefficient (Wildman–Crippen LogP) is 3.65. The zero-order valence-electron chi connectivity index (χ0n) is 25.3. The Kier molecular flexibility index (Phi) is 8.16. The largest absolute Gasteiger partial charge is 0.512 e. The Labute approximate surface area is 256 Å². The number of aliphatic imine (C=N–C) groups is 1. The number of hydrogen-bond acceptors (Lipinski definition) is 9. The average Bonchev–Trinajstić information content (AvgIpc) is 3.27. The number of aliphatic hydroxyl groups excluding tert-OH is 1. The van der Waals surface area contributed by atoms with E-state index in [1.54, 1.807) is 24.3 Å². The van der Waals surface area contributed by atoms with Crippen LogP contribution in [0.1, 0.15) is 56.8 Å². The maximum atomic E-state index is 14.4. The first-order valence-electron chi connectivity index (χ1n) is 15.1. The number of carbonyl (C=O) groups excluding carboxylic acids is 2. The Bertz CT molecular complexity index is 1470. The van der Waals surface area contributed by atoms with Crippen molar-refractivity contribution in [3.63, 3.8) is 0 Å². The van der Waals surface area contributed by atoms with Gasteiger partial charge in [-0.15, -0.1) is 0 Å². The van der Waals surface area contributed by atoms with E-state index in [1.807, 2.05) is 18.7 Å². The Morgan fingerprint density at radius 3 is 2.45 bits per heavy atom. The van der Waals surface area contributed by atoms with Gasteiger partial charge in [-0.1, -0.05) is 12.1 Å². The molecule has 0 radical (unpaired) electrons. The summed E-state index contributed by atoms with van der Waals surface area (Å²) >= 11 is 0. The van der Waals surface area contributed by atoms with E-state index >= 15 is 0 Å². The second-order valence-corrected chi connectivity index (χ2v) is 12.4. The number of urea groups is 1. The molecule has 3 amide bonds. The van der Waals surface area contributed by atoms with Crippen molar-refractivity contribution in [2.24, 2.45) is 10.7 Å². The molecule has 0 saturated carbocycles. The second-order valence-electron chi connectivity index (χ2n) is 12.4. The number of aromatic nitrogens is 2. The number of amides is 3. The van der Waals surface area contributed by atoms with E-state index in [1.165, 1.54) is 13.0 Å². The van der Waals surface area contributed by atoms with E-state index in [4.69, 9.17) is 29.9 Å². The lowest BCUT2D eigenvalue weighted by molar-refractivity contribution is 0.00668. The van der Waals surface area contributed by atoms with Gasteiger partial charge in [0, 0.05) is 49.7 Å². The van der Waals surface area contributed by atoms with Gasteiger partial charge in [-0.2, -0.15) is 9.98 Å². The van der Waals surface area contributed by atoms with Crippen molar-refractivity contribution in [1.82, 2.24) is 14.9 Å². The van der Waals surface area contributed by atoms with Crippen molar-refractivity contribution in [3.8, 4) is 17.1 Å². The van der Waals surface area contributed by atoms with Gasteiger partial charge < -0.3 is 40.2 Å². The number of fused-ring (bicyclic) bond motifs is 3. The SMILES string of the molecule is C/C(O)=C/C(N)=N\C(=O)Nc1ccc(-c2nc(N3CC4CCC(C3)O4)nc3c2C(=O)N(C2CCOCC2)CC(C)(C)O3)cc1. The average molecular weight is 606 g/mol. The molecule has 44 heavy (non-hydrogen) atoms. The van der Waals surface area contributed by atoms with Crippen LogP contribution in [0.3, 0.4) is 0 Å². The monoisotopic (exact) mass is 605 g/mol. The minimum atomic E-state index is -0.689. The molecule has 13 heteroatoms. The summed E-state index contributed by atoms with van der Waals surface area (Å²) in [6, 6.07) is 6.32. The summed E-state index contributed by atoms with van der Waals surface area (Å²) in [5.74, 6) is 0.408. The van der Waals surface area contributed by atoms with E-state index in [0.717, 1.165) is 25.7 Å². The van der Waals surface area contributed by atoms with Gasteiger partial charge in [0.05, 0.1) is 30.2 Å². The normalized spacial score (nSPS) is 24.0. The Hall–Kier alpha value is -4.23. The van der Waals surface area contributed by atoms with Gasteiger partial charge in [-0.25, -0.2) is 9.78 Å². The quantitative estimate of drug-likeness (QED) is 0.260. The first kappa shape index (κ1) is 29.8. The number of nitrogens with one attached hydrogen (secondary N) is 1. The molecule has 2 unspecified atom stereocenters. The Morgan fingerprint density at radius 2 is 1.80 bits per heavy atom. The molecule has 0 spiro atoms. The van der Waals surface area contributed by atoms with Crippen LogP contribution >= 0.6 is 0 Å². The van der Waals surface area contributed by atoms with Crippen LogP contribution in [0.4, 0.5) is 16.4 Å². The number of ether oxygens (including phenoxy) is 3. The number of allylic oxidation sites excluding steroid dienone is 1. The van der Waals surface area contributed by atoms with Crippen LogP contribution in [0.25, 0.3) is 11.3 Å². The number of morpholine rings is 1. The molecule has 13 nitrogen and oxygen atoms in total. The summed E-state index contributed by atoms with van der Waals surface area (Å²) in [6.07, 6.45) is 4.93. The molecule has 0 aliphatic carbocycles. The molecule has 4 aliphatic heterocycles.